The van der Waals surface area contributed by atoms with E-state index in [4.69, 9.17) is 9.47 Å². The molecule has 1 heterocycles. The van der Waals surface area contributed by atoms with E-state index in [0.717, 1.165) is 10.5 Å². The van der Waals surface area contributed by atoms with Crippen LogP contribution >= 0.6 is 0 Å². The summed E-state index contributed by atoms with van der Waals surface area (Å²) in [6, 6.07) is 12.0. The van der Waals surface area contributed by atoms with Gasteiger partial charge in [-0.15, -0.1) is 0 Å². The Bertz CT molecular complexity index is 1830. The lowest BCUT2D eigenvalue weighted by Gasteiger charge is -2.34. The van der Waals surface area contributed by atoms with E-state index in [2.05, 4.69) is 10.6 Å². The summed E-state index contributed by atoms with van der Waals surface area (Å²) in [5.74, 6) is -14.6. The molecule has 272 valence electrons. The Hall–Kier alpha value is -5.27. The zero-order valence-electron chi connectivity index (χ0n) is 29.0. The molecule has 3 aromatic carbocycles. The van der Waals surface area contributed by atoms with E-state index < -0.39 is 89.1 Å². The number of esters is 1. The molecule has 4 rings (SSSR count). The van der Waals surface area contributed by atoms with E-state index in [1.54, 1.807) is 57.2 Å². The summed E-state index contributed by atoms with van der Waals surface area (Å²) in [7, 11) is 0. The molecule has 1 aliphatic rings. The number of nitrogens with one attached hydrogen (secondary N) is 2. The van der Waals surface area contributed by atoms with Crippen LogP contribution in [0.3, 0.4) is 0 Å². The van der Waals surface area contributed by atoms with Crippen LogP contribution in [0.4, 0.5) is 28.9 Å². The molecule has 0 spiro atoms. The Labute approximate surface area is 292 Å². The van der Waals surface area contributed by atoms with Crippen LogP contribution in [0.2, 0.25) is 0 Å². The fourth-order valence-corrected chi connectivity index (χ4v) is 5.51. The second-order valence-electron chi connectivity index (χ2n) is 14.1. The molecular weight excluding hydrogens is 674 g/mol. The van der Waals surface area contributed by atoms with Crippen molar-refractivity contribution >= 4 is 40.8 Å². The Morgan fingerprint density at radius 2 is 1.49 bits per heavy atom. The van der Waals surface area contributed by atoms with Crippen LogP contribution in [0.25, 0.3) is 0 Å². The molecule has 10 nitrogen and oxygen atoms in total. The van der Waals surface area contributed by atoms with Gasteiger partial charge in [-0.05, 0) is 55.9 Å². The third kappa shape index (κ3) is 9.50. The highest BCUT2D eigenvalue weighted by molar-refractivity contribution is 6.44. The van der Waals surface area contributed by atoms with Crippen molar-refractivity contribution in [3.8, 4) is 5.75 Å². The van der Waals surface area contributed by atoms with E-state index in [1.165, 1.54) is 0 Å². The van der Waals surface area contributed by atoms with Gasteiger partial charge in [0, 0.05) is 24.0 Å². The van der Waals surface area contributed by atoms with Gasteiger partial charge in [-0.1, -0.05) is 57.2 Å². The van der Waals surface area contributed by atoms with Crippen LogP contribution in [0.1, 0.15) is 59.1 Å². The van der Waals surface area contributed by atoms with Crippen LogP contribution in [0.5, 0.6) is 5.75 Å². The topological polar surface area (TPSA) is 131 Å². The molecular formula is C37H39F4N3O7. The fraction of sp³-hybridized carbons (Fsp3) is 0.378. The number of halogens is 4. The second kappa shape index (κ2) is 15.3. The van der Waals surface area contributed by atoms with Crippen molar-refractivity contribution in [2.45, 2.75) is 71.4 Å². The number of nitrogens with zero attached hydrogens (tertiary/aromatic N) is 1. The van der Waals surface area contributed by atoms with Crippen molar-refractivity contribution < 1.29 is 51.0 Å². The molecule has 0 saturated carbocycles. The highest BCUT2D eigenvalue weighted by Gasteiger charge is 2.37. The van der Waals surface area contributed by atoms with Crippen LogP contribution in [0.15, 0.2) is 54.6 Å². The number of fused-ring (bicyclic) bond motifs is 1. The van der Waals surface area contributed by atoms with E-state index in [9.17, 15) is 41.5 Å². The molecule has 3 amide bonds. The van der Waals surface area contributed by atoms with Gasteiger partial charge in [0.25, 0.3) is 0 Å². The Morgan fingerprint density at radius 1 is 0.882 bits per heavy atom. The quantitative estimate of drug-likeness (QED) is 0.129. The summed E-state index contributed by atoms with van der Waals surface area (Å²) in [4.78, 5) is 67.9. The van der Waals surface area contributed by atoms with Gasteiger partial charge in [-0.2, -0.15) is 8.78 Å². The summed E-state index contributed by atoms with van der Waals surface area (Å²) in [5.41, 5.74) is 0.819. The first-order valence-corrected chi connectivity index (χ1v) is 16.1. The summed E-state index contributed by atoms with van der Waals surface area (Å²) in [6.07, 6.45) is -0.668. The summed E-state index contributed by atoms with van der Waals surface area (Å²) < 4.78 is 65.9. The number of para-hydroxylation sites is 2. The number of hydrogen-bond acceptors (Lipinski definition) is 7. The monoisotopic (exact) mass is 713 g/mol. The number of hydrogen-bond donors (Lipinski definition) is 2. The normalized spacial score (nSPS) is 14.9. The number of carbonyl (C=O) groups excluding carboxylic acids is 5. The molecule has 0 saturated heterocycles. The maximum absolute atomic E-state index is 14.2. The lowest BCUT2D eigenvalue weighted by atomic mass is 9.86. The van der Waals surface area contributed by atoms with Crippen LogP contribution in [-0.2, 0) is 40.5 Å². The zero-order valence-corrected chi connectivity index (χ0v) is 29.0. The molecule has 1 aliphatic heterocycles. The molecule has 0 aromatic heterocycles. The number of carbonyl (C=O) groups is 5. The Balaban J connectivity index is 1.56. The molecule has 0 aliphatic carbocycles. The fourth-order valence-electron chi connectivity index (χ4n) is 5.51. The van der Waals surface area contributed by atoms with Crippen molar-refractivity contribution in [3.63, 3.8) is 0 Å². The number of amides is 3. The van der Waals surface area contributed by atoms with Crippen molar-refractivity contribution in [2.24, 2.45) is 5.92 Å². The standard InChI is InChI=1S/C37H39F4N3O7/c1-36(2,3)22-12-8-9-13-25(22)42-34(48)35(49)44-18-21(15-20-11-7-10-14-27(20)44)33(47)43-26(17-29(46)51-37(4,5)6)28(45)19-50-32-30(40)23(38)16-24(39)31(32)41/h7-14,16,21,26H,15,17-19H2,1-6H3,(H,42,48)(H,43,47)/t21-,26-/m0/s1. The SMILES string of the molecule is CC(C)(C)OC(=O)C[C@H](NC(=O)[C@H]1Cc2ccccc2N(C(=O)C(=O)Nc2ccccc2C(C)(C)C)C1)C(=O)COc1c(F)c(F)cc(F)c1F. The van der Waals surface area contributed by atoms with Crippen LogP contribution in [-0.4, -0.2) is 54.3 Å². The molecule has 14 heteroatoms. The number of rotatable bonds is 9. The maximum atomic E-state index is 14.2. The van der Waals surface area contributed by atoms with E-state index in [1.807, 2.05) is 32.9 Å². The van der Waals surface area contributed by atoms with E-state index in [-0.39, 0.29) is 24.4 Å². The molecule has 0 radical (unpaired) electrons. The van der Waals surface area contributed by atoms with Crippen LogP contribution < -0.4 is 20.3 Å². The minimum atomic E-state index is -1.88. The molecule has 0 unspecified atom stereocenters. The van der Waals surface area contributed by atoms with Gasteiger partial charge >= 0.3 is 17.8 Å². The predicted molar refractivity (Wildman–Crippen MR) is 179 cm³/mol. The highest BCUT2D eigenvalue weighted by Crippen LogP contribution is 2.32. The lowest BCUT2D eigenvalue weighted by Crippen LogP contribution is -2.52. The minimum Gasteiger partial charge on any atom is -0.479 e. The molecule has 0 bridgehead atoms. The summed E-state index contributed by atoms with van der Waals surface area (Å²) in [6.45, 7) is 9.07. The third-order valence-electron chi connectivity index (χ3n) is 7.87. The number of ketones is 1. The number of anilines is 2. The van der Waals surface area contributed by atoms with Crippen molar-refractivity contribution in [2.75, 3.05) is 23.4 Å². The van der Waals surface area contributed by atoms with E-state index >= 15 is 0 Å². The molecule has 2 atom stereocenters. The number of Topliss-reactive ketones (excluding diaryl/α,β-unsaturated/α-hetero) is 1. The van der Waals surface area contributed by atoms with Crippen molar-refractivity contribution in [3.05, 3.63) is 89.0 Å². The summed E-state index contributed by atoms with van der Waals surface area (Å²) in [5, 5.41) is 5.11. The predicted octanol–water partition coefficient (Wildman–Crippen LogP) is 5.55. The van der Waals surface area contributed by atoms with Gasteiger partial charge in [0.1, 0.15) is 18.2 Å². The largest absolute Gasteiger partial charge is 0.479 e. The first-order valence-electron chi connectivity index (χ1n) is 16.1. The first kappa shape index (κ1) is 38.5. The zero-order chi connectivity index (χ0) is 37.8. The first-order chi connectivity index (χ1) is 23.8. The van der Waals surface area contributed by atoms with Crippen LogP contribution in [0, 0.1) is 29.2 Å². The van der Waals surface area contributed by atoms with Gasteiger partial charge in [0.05, 0.1) is 12.3 Å². The van der Waals surface area contributed by atoms with Gasteiger partial charge in [-0.3, -0.25) is 24.0 Å². The number of ether oxygens (including phenoxy) is 2. The molecule has 51 heavy (non-hydrogen) atoms. The minimum absolute atomic E-state index is 0.0321. The second-order valence-corrected chi connectivity index (χ2v) is 14.1. The smallest absolute Gasteiger partial charge is 0.316 e. The Morgan fingerprint density at radius 3 is 2.12 bits per heavy atom. The molecule has 2 N–H and O–H groups in total. The Kier molecular flexibility index (Phi) is 11.6. The number of benzene rings is 3. The average Bonchev–Trinajstić information content (AvgIpc) is 3.05. The van der Waals surface area contributed by atoms with E-state index in [0.29, 0.717) is 16.9 Å². The highest BCUT2D eigenvalue weighted by atomic mass is 19.2. The van der Waals surface area contributed by atoms with Gasteiger partial charge in [0.15, 0.2) is 23.2 Å². The molecule has 3 aromatic rings. The third-order valence-corrected chi connectivity index (χ3v) is 7.87. The summed E-state index contributed by atoms with van der Waals surface area (Å²) >= 11 is 0. The molecule has 0 fully saturated rings. The maximum Gasteiger partial charge on any atom is 0.316 e. The van der Waals surface area contributed by atoms with Gasteiger partial charge in [-0.25, -0.2) is 8.78 Å². The van der Waals surface area contributed by atoms with Gasteiger partial charge < -0.3 is 25.0 Å². The lowest BCUT2D eigenvalue weighted by molar-refractivity contribution is -0.156. The van der Waals surface area contributed by atoms with Crippen molar-refractivity contribution in [1.29, 1.82) is 0 Å². The van der Waals surface area contributed by atoms with Gasteiger partial charge in [0.2, 0.25) is 17.5 Å². The van der Waals surface area contributed by atoms with Crippen molar-refractivity contribution in [1.82, 2.24) is 5.32 Å². The average molecular weight is 714 g/mol.